The van der Waals surface area contributed by atoms with Crippen molar-refractivity contribution in [3.05, 3.63) is 50.5 Å². The van der Waals surface area contributed by atoms with Crippen molar-refractivity contribution in [1.29, 1.82) is 0 Å². The molecule has 1 aliphatic heterocycles. The van der Waals surface area contributed by atoms with E-state index in [-0.39, 0.29) is 30.0 Å². The predicted molar refractivity (Wildman–Crippen MR) is 96.5 cm³/mol. The fourth-order valence-electron chi connectivity index (χ4n) is 1.98. The van der Waals surface area contributed by atoms with Crippen LogP contribution >= 0.6 is 20.7 Å². The number of hydrogen-bond donors (Lipinski definition) is 5. The highest BCUT2D eigenvalue weighted by Gasteiger charge is 2.24. The number of halogens is 4. The van der Waals surface area contributed by atoms with Crippen molar-refractivity contribution >= 4 is 36.3 Å². The van der Waals surface area contributed by atoms with Crippen molar-refractivity contribution in [2.24, 2.45) is 0 Å². The molecule has 1 aromatic carbocycles. The van der Waals surface area contributed by atoms with E-state index in [1.165, 1.54) is 10.1 Å². The van der Waals surface area contributed by atoms with Gasteiger partial charge in [-0.05, 0) is 16.2 Å². The Hall–Kier alpha value is -1.80. The Labute approximate surface area is 156 Å². The number of carbonyl (C=O) groups excluding carboxylic acids is 1. The zero-order chi connectivity index (χ0) is 19.1. The van der Waals surface area contributed by atoms with Gasteiger partial charge in [0, 0.05) is 16.1 Å². The zero-order valence-corrected chi connectivity index (χ0v) is 15.3. The Balaban J connectivity index is 2.46. The summed E-state index contributed by atoms with van der Waals surface area (Å²) in [6, 6.07) is 0.989. The summed E-state index contributed by atoms with van der Waals surface area (Å²) in [5.41, 5.74) is 2.23. The molecule has 7 nitrogen and oxygen atoms in total. The highest BCUT2D eigenvalue weighted by Crippen LogP contribution is 2.29. The Morgan fingerprint density at radius 1 is 1.27 bits per heavy atom. The van der Waals surface area contributed by atoms with E-state index in [4.69, 9.17) is 10.3 Å². The molecule has 0 unspecified atom stereocenters. The average molecular weight is 485 g/mol. The molecule has 1 amide bonds. The average Bonchev–Trinajstić information content (AvgIpc) is 2.63. The minimum Gasteiger partial charge on any atom is -0.394 e. The van der Waals surface area contributed by atoms with Crippen molar-refractivity contribution in [3.63, 3.8) is 0 Å². The fraction of sp³-hybridized carbons (Fsp3) is 0.200. The summed E-state index contributed by atoms with van der Waals surface area (Å²) >= 11 is -0.590. The van der Waals surface area contributed by atoms with Crippen LogP contribution in [-0.4, -0.2) is 33.4 Å². The van der Waals surface area contributed by atoms with E-state index in [2.05, 4.69) is 10.2 Å². The molecule has 1 aromatic rings. The van der Waals surface area contributed by atoms with Crippen LogP contribution in [0.1, 0.15) is 15.9 Å². The molecule has 0 saturated heterocycles. The summed E-state index contributed by atoms with van der Waals surface area (Å²) in [5.74, 6) is -4.31. The third-order valence-electron chi connectivity index (χ3n) is 3.13. The van der Waals surface area contributed by atoms with E-state index < -0.39 is 56.3 Å². The van der Waals surface area contributed by atoms with Gasteiger partial charge in [0.1, 0.15) is 0 Å². The van der Waals surface area contributed by atoms with Gasteiger partial charge in [-0.15, -0.1) is 0 Å². The summed E-state index contributed by atoms with van der Waals surface area (Å²) < 4.78 is 45.6. The first-order chi connectivity index (χ1) is 12.5. The number of allylic oxidation sites excluding steroid dienone is 2. The number of aliphatic hydroxyl groups is 1. The second-order valence-electron chi connectivity index (χ2n) is 4.84. The lowest BCUT2D eigenvalue weighted by atomic mass is 10.1. The van der Waals surface area contributed by atoms with Gasteiger partial charge in [0.25, 0.3) is 5.91 Å². The molecule has 0 aliphatic carbocycles. The lowest BCUT2D eigenvalue weighted by Crippen LogP contribution is -2.27. The molecule has 26 heavy (non-hydrogen) atoms. The van der Waals surface area contributed by atoms with E-state index in [0.717, 1.165) is 6.07 Å². The molecular formula is C15H15F3IN3O4. The van der Waals surface area contributed by atoms with Gasteiger partial charge in [-0.25, -0.2) is 24.1 Å². The van der Waals surface area contributed by atoms with Crippen molar-refractivity contribution in [2.45, 2.75) is 6.54 Å². The second kappa shape index (κ2) is 9.78. The number of hydroxylamine groups is 2. The van der Waals surface area contributed by atoms with E-state index in [0.29, 0.717) is 0 Å². The van der Waals surface area contributed by atoms with Gasteiger partial charge in [0.15, 0.2) is 17.5 Å². The summed E-state index contributed by atoms with van der Waals surface area (Å²) in [7, 11) is 0. The molecule has 0 bridgehead atoms. The summed E-state index contributed by atoms with van der Waals surface area (Å²) in [5, 5.41) is 19.8. The third kappa shape index (κ3) is 4.88. The first-order valence-corrected chi connectivity index (χ1v) is 9.68. The van der Waals surface area contributed by atoms with Crippen LogP contribution in [0.25, 0.3) is 0 Å². The summed E-state index contributed by atoms with van der Waals surface area (Å²) in [6.45, 7) is -1.05. The maximum Gasteiger partial charge on any atom is 0.277 e. The fourth-order valence-corrected chi connectivity index (χ4v) is 3.40. The second-order valence-corrected chi connectivity index (χ2v) is 6.90. The number of rotatable bonds is 8. The number of hydrogen-bond acceptors (Lipinski definition) is 6. The standard InChI is InChI=1S/C15H15F3IN3O4/c16-10-6-19-2-1-11(10)21-14-9(15(24)22-26-4-3-23)5-8(7-20-25)12(17)13(14)18/h1-2,5-6,20-21,23,25H,3-4,7H2,(H,22,24). The first-order valence-electron chi connectivity index (χ1n) is 7.19. The van der Waals surface area contributed by atoms with Crippen molar-refractivity contribution < 1.29 is 33.1 Å². The largest absolute Gasteiger partial charge is 0.394 e. The number of amides is 1. The van der Waals surface area contributed by atoms with E-state index in [1.807, 2.05) is 5.48 Å². The lowest BCUT2D eigenvalue weighted by Gasteiger charge is -2.17. The van der Waals surface area contributed by atoms with Crippen molar-refractivity contribution in [2.75, 3.05) is 18.5 Å². The Bertz CT molecular complexity index is 784. The van der Waals surface area contributed by atoms with Crippen LogP contribution in [-0.2, 0) is 11.4 Å². The molecule has 0 saturated carbocycles. The predicted octanol–water partition coefficient (Wildman–Crippen LogP) is 1.99. The van der Waals surface area contributed by atoms with Gasteiger partial charge in [-0.3, -0.25) is 9.63 Å². The Morgan fingerprint density at radius 2 is 2.04 bits per heavy atom. The molecule has 0 aromatic heterocycles. The van der Waals surface area contributed by atoms with Gasteiger partial charge >= 0.3 is 0 Å². The van der Waals surface area contributed by atoms with E-state index in [1.54, 1.807) is 9.56 Å². The molecule has 5 N–H and O–H groups in total. The molecule has 0 fully saturated rings. The molecule has 2 rings (SSSR count). The SMILES string of the molecule is O=C(NOCCO)c1cc(CNO)c(F)c(F)c1NC1=C(F)C=IC=C1. The first kappa shape index (κ1) is 20.5. The van der Waals surface area contributed by atoms with Gasteiger partial charge in [-0.2, -0.15) is 0 Å². The van der Waals surface area contributed by atoms with Gasteiger partial charge in [-0.1, -0.05) is 20.7 Å². The number of benzene rings is 1. The van der Waals surface area contributed by atoms with Crippen molar-refractivity contribution in [3.8, 4) is 0 Å². The van der Waals surface area contributed by atoms with Crippen LogP contribution in [0.2, 0.25) is 0 Å². The lowest BCUT2D eigenvalue weighted by molar-refractivity contribution is 0.0168. The highest BCUT2D eigenvalue weighted by atomic mass is 127. The molecule has 0 radical (unpaired) electrons. The van der Waals surface area contributed by atoms with Crippen LogP contribution in [0.5, 0.6) is 0 Å². The topological polar surface area (TPSA) is 103 Å². The monoisotopic (exact) mass is 485 g/mol. The summed E-state index contributed by atoms with van der Waals surface area (Å²) in [6.07, 6.45) is 1.38. The van der Waals surface area contributed by atoms with E-state index >= 15 is 0 Å². The minimum atomic E-state index is -1.42. The molecule has 142 valence electrons. The highest BCUT2D eigenvalue weighted by molar-refractivity contribution is 14.2. The molecule has 0 atom stereocenters. The van der Waals surface area contributed by atoms with Gasteiger partial charge in [0.05, 0.1) is 30.2 Å². The maximum atomic E-state index is 14.5. The minimum absolute atomic E-state index is 0.118. The third-order valence-corrected chi connectivity index (χ3v) is 4.81. The van der Waals surface area contributed by atoms with E-state index in [9.17, 15) is 18.0 Å². The Kier molecular flexibility index (Phi) is 7.71. The van der Waals surface area contributed by atoms with Crippen LogP contribution in [0.15, 0.2) is 27.7 Å². The quantitative estimate of drug-likeness (QED) is 0.220. The molecular weight excluding hydrogens is 470 g/mol. The number of aliphatic hydroxyl groups excluding tert-OH is 1. The smallest absolute Gasteiger partial charge is 0.277 e. The molecule has 1 heterocycles. The van der Waals surface area contributed by atoms with Crippen molar-refractivity contribution in [1.82, 2.24) is 11.0 Å². The molecule has 1 aliphatic rings. The van der Waals surface area contributed by atoms with Gasteiger partial charge < -0.3 is 15.6 Å². The van der Waals surface area contributed by atoms with Gasteiger partial charge in [0.2, 0.25) is 0 Å². The summed E-state index contributed by atoms with van der Waals surface area (Å²) in [4.78, 5) is 16.9. The van der Waals surface area contributed by atoms with Crippen LogP contribution in [0.4, 0.5) is 18.9 Å². The Morgan fingerprint density at radius 3 is 2.69 bits per heavy atom. The maximum absolute atomic E-state index is 14.5. The number of anilines is 1. The van der Waals surface area contributed by atoms with Crippen LogP contribution < -0.4 is 16.3 Å². The number of carbonyl (C=O) groups is 1. The normalized spacial score (nSPS) is 13.6. The zero-order valence-electron chi connectivity index (χ0n) is 13.2. The van der Waals surface area contributed by atoms with Crippen LogP contribution in [0.3, 0.4) is 0 Å². The molecule has 11 heteroatoms. The molecule has 0 spiro atoms. The number of nitrogens with one attached hydrogen (secondary N) is 3. The van der Waals surface area contributed by atoms with Crippen LogP contribution in [0, 0.1) is 11.6 Å².